The fourth-order valence-electron chi connectivity index (χ4n) is 3.59. The minimum Gasteiger partial charge on any atom is -0.463 e. The first-order valence-electron chi connectivity index (χ1n) is 9.63. The number of aryl methyl sites for hydroxylation is 1. The summed E-state index contributed by atoms with van der Waals surface area (Å²) in [5.74, 6) is -0.495. The van der Waals surface area contributed by atoms with Gasteiger partial charge in [-0.05, 0) is 26.3 Å². The standard InChI is InChI=1S/C23H22N2O3S/c1-4-28-22(27)18-19(16-8-6-5-7-9-16)24-23-25(21(26)15(3)29-23)20(18)17-12-10-14(2)11-13-17/h5-13,15,20H,4H2,1-3H3/t15-,20-/m1/s1. The average molecular weight is 407 g/mol. The molecule has 2 aliphatic rings. The van der Waals surface area contributed by atoms with E-state index in [4.69, 9.17) is 9.73 Å². The highest BCUT2D eigenvalue weighted by Gasteiger charge is 2.47. The van der Waals surface area contributed by atoms with Gasteiger partial charge in [0.1, 0.15) is 0 Å². The van der Waals surface area contributed by atoms with Gasteiger partial charge in [0.25, 0.3) is 0 Å². The van der Waals surface area contributed by atoms with E-state index in [-0.39, 0.29) is 17.8 Å². The number of amides is 1. The maximum atomic E-state index is 13.1. The lowest BCUT2D eigenvalue weighted by Crippen LogP contribution is -2.40. The van der Waals surface area contributed by atoms with Crippen molar-refractivity contribution in [3.8, 4) is 0 Å². The lowest BCUT2D eigenvalue weighted by Gasteiger charge is -2.33. The number of nitrogens with zero attached hydrogens (tertiary/aromatic N) is 2. The maximum absolute atomic E-state index is 13.1. The van der Waals surface area contributed by atoms with E-state index in [2.05, 4.69) is 0 Å². The number of hydrogen-bond acceptors (Lipinski definition) is 5. The van der Waals surface area contributed by atoms with Gasteiger partial charge in [0.15, 0.2) is 5.17 Å². The molecule has 2 aromatic rings. The summed E-state index contributed by atoms with van der Waals surface area (Å²) in [7, 11) is 0. The summed E-state index contributed by atoms with van der Waals surface area (Å²) >= 11 is 1.42. The van der Waals surface area contributed by atoms with Crippen molar-refractivity contribution in [2.75, 3.05) is 6.61 Å². The van der Waals surface area contributed by atoms with Gasteiger partial charge in [-0.15, -0.1) is 0 Å². The van der Waals surface area contributed by atoms with E-state index in [9.17, 15) is 9.59 Å². The SMILES string of the molecule is CCOC(=O)C1=C(c2ccccc2)N=C2S[C@H](C)C(=O)N2[C@@H]1c1ccc(C)cc1. The second-order valence-electron chi connectivity index (χ2n) is 7.02. The molecule has 29 heavy (non-hydrogen) atoms. The Labute approximate surface area is 174 Å². The summed E-state index contributed by atoms with van der Waals surface area (Å²) in [5.41, 5.74) is 3.76. The molecule has 0 N–H and O–H groups in total. The molecule has 4 rings (SSSR count). The van der Waals surface area contributed by atoms with Crippen LogP contribution in [-0.4, -0.2) is 33.8 Å². The molecule has 2 aliphatic heterocycles. The van der Waals surface area contributed by atoms with E-state index < -0.39 is 12.0 Å². The number of benzene rings is 2. The first-order valence-corrected chi connectivity index (χ1v) is 10.5. The van der Waals surface area contributed by atoms with Crippen molar-refractivity contribution in [1.29, 1.82) is 0 Å². The van der Waals surface area contributed by atoms with E-state index >= 15 is 0 Å². The fraction of sp³-hybridized carbons (Fsp3) is 0.261. The zero-order valence-corrected chi connectivity index (χ0v) is 17.4. The van der Waals surface area contributed by atoms with Crippen LogP contribution in [0.5, 0.6) is 0 Å². The lowest BCUT2D eigenvalue weighted by molar-refractivity contribution is -0.139. The Morgan fingerprint density at radius 3 is 2.48 bits per heavy atom. The molecular weight excluding hydrogens is 384 g/mol. The lowest BCUT2D eigenvalue weighted by atomic mass is 9.91. The molecule has 2 aromatic carbocycles. The highest BCUT2D eigenvalue weighted by molar-refractivity contribution is 8.15. The van der Waals surface area contributed by atoms with Crippen LogP contribution in [0, 0.1) is 6.92 Å². The number of aliphatic imine (C=N–C) groups is 1. The molecule has 1 saturated heterocycles. The molecule has 6 heteroatoms. The van der Waals surface area contributed by atoms with Crippen molar-refractivity contribution in [3.63, 3.8) is 0 Å². The summed E-state index contributed by atoms with van der Waals surface area (Å²) < 4.78 is 5.41. The monoisotopic (exact) mass is 406 g/mol. The summed E-state index contributed by atoms with van der Waals surface area (Å²) in [6, 6.07) is 16.9. The first-order chi connectivity index (χ1) is 14.0. The third-order valence-electron chi connectivity index (χ3n) is 5.00. The fourth-order valence-corrected chi connectivity index (χ4v) is 4.57. The first kappa shape index (κ1) is 19.5. The third-order valence-corrected chi connectivity index (χ3v) is 6.06. The van der Waals surface area contributed by atoms with Gasteiger partial charge in [-0.25, -0.2) is 9.79 Å². The molecule has 2 atom stereocenters. The summed E-state index contributed by atoms with van der Waals surface area (Å²) in [5, 5.41) is 0.375. The smallest absolute Gasteiger partial charge is 0.338 e. The zero-order valence-electron chi connectivity index (χ0n) is 16.6. The van der Waals surface area contributed by atoms with Gasteiger partial charge in [-0.1, -0.05) is 71.9 Å². The molecule has 5 nitrogen and oxygen atoms in total. The Morgan fingerprint density at radius 2 is 1.83 bits per heavy atom. The number of esters is 1. The van der Waals surface area contributed by atoms with Crippen LogP contribution < -0.4 is 0 Å². The molecule has 1 amide bonds. The largest absolute Gasteiger partial charge is 0.463 e. The Balaban J connectivity index is 1.97. The Hall–Kier alpha value is -2.86. The predicted molar refractivity (Wildman–Crippen MR) is 115 cm³/mol. The predicted octanol–water partition coefficient (Wildman–Crippen LogP) is 4.34. The Bertz CT molecular complexity index is 1010. The van der Waals surface area contributed by atoms with Gasteiger partial charge in [0.05, 0.1) is 29.2 Å². The molecular formula is C23H22N2O3S. The van der Waals surface area contributed by atoms with Gasteiger partial charge in [-0.3, -0.25) is 9.69 Å². The van der Waals surface area contributed by atoms with Gasteiger partial charge in [0.2, 0.25) is 5.91 Å². The minimum absolute atomic E-state index is 0.0479. The van der Waals surface area contributed by atoms with E-state index in [0.29, 0.717) is 16.4 Å². The Kier molecular flexibility index (Phi) is 5.28. The van der Waals surface area contributed by atoms with E-state index in [1.807, 2.05) is 68.4 Å². The minimum atomic E-state index is -0.567. The van der Waals surface area contributed by atoms with Crippen LogP contribution in [0.1, 0.15) is 36.6 Å². The van der Waals surface area contributed by atoms with Crippen LogP contribution in [0.4, 0.5) is 0 Å². The van der Waals surface area contributed by atoms with E-state index in [1.165, 1.54) is 11.8 Å². The quantitative estimate of drug-likeness (QED) is 0.709. The number of carbonyl (C=O) groups excluding carboxylic acids is 2. The number of carbonyl (C=O) groups is 2. The highest BCUT2D eigenvalue weighted by atomic mass is 32.2. The van der Waals surface area contributed by atoms with Crippen LogP contribution in [0.3, 0.4) is 0 Å². The van der Waals surface area contributed by atoms with Gasteiger partial charge in [-0.2, -0.15) is 0 Å². The summed E-state index contributed by atoms with van der Waals surface area (Å²) in [4.78, 5) is 32.5. The van der Waals surface area contributed by atoms with Crippen molar-refractivity contribution < 1.29 is 14.3 Å². The Morgan fingerprint density at radius 1 is 1.14 bits per heavy atom. The number of thioether (sulfide) groups is 1. The third kappa shape index (κ3) is 3.49. The molecule has 0 radical (unpaired) electrons. The number of fused-ring (bicyclic) bond motifs is 1. The second-order valence-corrected chi connectivity index (χ2v) is 8.33. The molecule has 0 aliphatic carbocycles. The van der Waals surface area contributed by atoms with Gasteiger partial charge < -0.3 is 4.74 Å². The van der Waals surface area contributed by atoms with Gasteiger partial charge in [0, 0.05) is 5.56 Å². The van der Waals surface area contributed by atoms with Crippen molar-refractivity contribution >= 4 is 34.5 Å². The highest BCUT2D eigenvalue weighted by Crippen LogP contribution is 2.45. The van der Waals surface area contributed by atoms with Crippen LogP contribution in [-0.2, 0) is 14.3 Å². The summed E-state index contributed by atoms with van der Waals surface area (Å²) in [6.45, 7) is 5.90. The van der Waals surface area contributed by atoms with Crippen molar-refractivity contribution in [3.05, 3.63) is 76.9 Å². The molecule has 1 fully saturated rings. The number of ether oxygens (including phenoxy) is 1. The van der Waals surface area contributed by atoms with Crippen LogP contribution in [0.25, 0.3) is 5.70 Å². The van der Waals surface area contributed by atoms with Crippen molar-refractivity contribution in [2.45, 2.75) is 32.1 Å². The molecule has 0 saturated carbocycles. The normalized spacial score (nSPS) is 21.1. The molecule has 148 valence electrons. The van der Waals surface area contributed by atoms with Crippen LogP contribution in [0.2, 0.25) is 0 Å². The molecule has 0 bridgehead atoms. The number of rotatable bonds is 4. The van der Waals surface area contributed by atoms with Crippen molar-refractivity contribution in [2.24, 2.45) is 4.99 Å². The van der Waals surface area contributed by atoms with Gasteiger partial charge >= 0.3 is 5.97 Å². The summed E-state index contributed by atoms with van der Waals surface area (Å²) in [6.07, 6.45) is 0. The van der Waals surface area contributed by atoms with Crippen LogP contribution in [0.15, 0.2) is 65.2 Å². The van der Waals surface area contributed by atoms with Crippen LogP contribution >= 0.6 is 11.8 Å². The maximum Gasteiger partial charge on any atom is 0.338 e. The second kappa shape index (κ2) is 7.87. The van der Waals surface area contributed by atoms with E-state index in [0.717, 1.165) is 16.7 Å². The van der Waals surface area contributed by atoms with Crippen molar-refractivity contribution in [1.82, 2.24) is 4.90 Å². The molecule has 0 aromatic heterocycles. The number of amidine groups is 1. The topological polar surface area (TPSA) is 59.0 Å². The molecule has 0 unspecified atom stereocenters. The average Bonchev–Trinajstić information content (AvgIpc) is 3.02. The van der Waals surface area contributed by atoms with E-state index in [1.54, 1.807) is 11.8 Å². The molecule has 2 heterocycles. The zero-order chi connectivity index (χ0) is 20.5. The number of hydrogen-bond donors (Lipinski definition) is 0. The molecule has 0 spiro atoms.